The van der Waals surface area contributed by atoms with Gasteiger partial charge < -0.3 is 10.4 Å². The second kappa shape index (κ2) is 7.25. The zero-order valence-corrected chi connectivity index (χ0v) is 12.2. The molecule has 2 atom stereocenters. The largest absolute Gasteiger partial charge is 0.395 e. The summed E-state index contributed by atoms with van der Waals surface area (Å²) < 4.78 is 0. The Balaban J connectivity index is 1.90. The Labute approximate surface area is 120 Å². The Morgan fingerprint density at radius 2 is 2.16 bits per heavy atom. The minimum atomic E-state index is 0.283. The van der Waals surface area contributed by atoms with Gasteiger partial charge in [-0.15, -0.1) is 0 Å². The van der Waals surface area contributed by atoms with E-state index in [9.17, 15) is 5.11 Å². The van der Waals surface area contributed by atoms with Gasteiger partial charge in [0.25, 0.3) is 0 Å². The number of benzene rings is 1. The minimum Gasteiger partial charge on any atom is -0.395 e. The number of aliphatic hydroxyl groups is 1. The van der Waals surface area contributed by atoms with Gasteiger partial charge in [0, 0.05) is 23.7 Å². The average Bonchev–Trinajstić information content (AvgIpc) is 2.89. The molecule has 1 heterocycles. The van der Waals surface area contributed by atoms with E-state index in [-0.39, 0.29) is 6.61 Å². The summed E-state index contributed by atoms with van der Waals surface area (Å²) in [6.45, 7) is 2.42. The first-order valence-electron chi connectivity index (χ1n) is 7.02. The van der Waals surface area contributed by atoms with E-state index in [0.29, 0.717) is 12.1 Å². The van der Waals surface area contributed by atoms with Crippen molar-refractivity contribution >= 4 is 11.6 Å². The highest BCUT2D eigenvalue weighted by Gasteiger charge is 2.24. The first kappa shape index (κ1) is 14.8. The summed E-state index contributed by atoms with van der Waals surface area (Å²) in [5.74, 6) is 0. The van der Waals surface area contributed by atoms with Gasteiger partial charge in [-0.05, 0) is 50.6 Å². The molecule has 0 bridgehead atoms. The second-order valence-corrected chi connectivity index (χ2v) is 5.63. The fraction of sp³-hybridized carbons (Fsp3) is 0.600. The van der Waals surface area contributed by atoms with E-state index >= 15 is 0 Å². The van der Waals surface area contributed by atoms with Crippen LogP contribution in [0.4, 0.5) is 0 Å². The molecule has 106 valence electrons. The third-order valence-electron chi connectivity index (χ3n) is 4.04. The molecule has 2 rings (SSSR count). The molecule has 19 heavy (non-hydrogen) atoms. The lowest BCUT2D eigenvalue weighted by Gasteiger charge is -2.25. The van der Waals surface area contributed by atoms with Crippen LogP contribution in [0.3, 0.4) is 0 Å². The fourth-order valence-electron chi connectivity index (χ4n) is 2.86. The van der Waals surface area contributed by atoms with Crippen molar-refractivity contribution in [2.75, 3.05) is 26.7 Å². The number of halogens is 1. The van der Waals surface area contributed by atoms with Crippen molar-refractivity contribution in [2.45, 2.75) is 31.3 Å². The number of nitrogens with one attached hydrogen (secondary N) is 1. The summed E-state index contributed by atoms with van der Waals surface area (Å²) in [7, 11) is 1.99. The van der Waals surface area contributed by atoms with Crippen molar-refractivity contribution < 1.29 is 5.11 Å². The molecule has 0 aliphatic carbocycles. The molecular weight excluding hydrogens is 260 g/mol. The lowest BCUT2D eigenvalue weighted by Crippen LogP contribution is -2.34. The number of likely N-dealkylation sites (tertiary alicyclic amines) is 1. The Bertz CT molecular complexity index is 382. The molecule has 0 aromatic heterocycles. The Morgan fingerprint density at radius 1 is 1.42 bits per heavy atom. The normalized spacial score (nSPS) is 21.7. The topological polar surface area (TPSA) is 35.5 Å². The third kappa shape index (κ3) is 3.93. The monoisotopic (exact) mass is 282 g/mol. The van der Waals surface area contributed by atoms with Crippen LogP contribution in [0.25, 0.3) is 0 Å². The van der Waals surface area contributed by atoms with Gasteiger partial charge in [-0.25, -0.2) is 0 Å². The van der Waals surface area contributed by atoms with Gasteiger partial charge in [-0.1, -0.05) is 23.7 Å². The first-order valence-corrected chi connectivity index (χ1v) is 7.40. The lowest BCUT2D eigenvalue weighted by atomic mass is 10.0. The number of hydrogen-bond acceptors (Lipinski definition) is 3. The maximum Gasteiger partial charge on any atom is 0.0586 e. The van der Waals surface area contributed by atoms with Gasteiger partial charge in [0.2, 0.25) is 0 Å². The van der Waals surface area contributed by atoms with E-state index in [2.05, 4.69) is 22.3 Å². The van der Waals surface area contributed by atoms with E-state index in [0.717, 1.165) is 31.0 Å². The zero-order valence-electron chi connectivity index (χ0n) is 11.5. The Kier molecular flexibility index (Phi) is 5.64. The van der Waals surface area contributed by atoms with E-state index in [4.69, 9.17) is 11.6 Å². The molecule has 0 radical (unpaired) electrons. The summed E-state index contributed by atoms with van der Waals surface area (Å²) in [4.78, 5) is 2.40. The van der Waals surface area contributed by atoms with Gasteiger partial charge in [-0.3, -0.25) is 4.90 Å². The molecule has 2 N–H and O–H groups in total. The molecule has 4 heteroatoms. The van der Waals surface area contributed by atoms with Crippen LogP contribution in [0.1, 0.15) is 30.9 Å². The molecule has 0 spiro atoms. The molecule has 1 fully saturated rings. The summed E-state index contributed by atoms with van der Waals surface area (Å²) in [6, 6.07) is 8.75. The summed E-state index contributed by atoms with van der Waals surface area (Å²) in [5, 5.41) is 13.5. The van der Waals surface area contributed by atoms with Gasteiger partial charge in [-0.2, -0.15) is 0 Å². The van der Waals surface area contributed by atoms with Crippen LogP contribution in [0, 0.1) is 0 Å². The van der Waals surface area contributed by atoms with Crippen molar-refractivity contribution in [3.63, 3.8) is 0 Å². The third-order valence-corrected chi connectivity index (χ3v) is 4.29. The molecular formula is C15H23ClN2O. The molecule has 1 aliphatic heterocycles. The van der Waals surface area contributed by atoms with Crippen LogP contribution in [0.5, 0.6) is 0 Å². The highest BCUT2D eigenvalue weighted by Crippen LogP contribution is 2.22. The van der Waals surface area contributed by atoms with Crippen molar-refractivity contribution in [3.05, 3.63) is 34.9 Å². The quantitative estimate of drug-likeness (QED) is 0.841. The molecule has 0 amide bonds. The van der Waals surface area contributed by atoms with Crippen LogP contribution in [-0.4, -0.2) is 42.8 Å². The Hall–Kier alpha value is -0.610. The first-order chi connectivity index (χ1) is 9.24. The SMILES string of the molecule is CNC(CCN1CCCC1CO)c1ccc(Cl)cc1. The van der Waals surface area contributed by atoms with E-state index < -0.39 is 0 Å². The van der Waals surface area contributed by atoms with Crippen LogP contribution in [-0.2, 0) is 0 Å². The van der Waals surface area contributed by atoms with Crippen molar-refractivity contribution in [1.29, 1.82) is 0 Å². The molecule has 2 unspecified atom stereocenters. The average molecular weight is 283 g/mol. The van der Waals surface area contributed by atoms with E-state index in [1.54, 1.807) is 0 Å². The van der Waals surface area contributed by atoms with Crippen LogP contribution < -0.4 is 5.32 Å². The standard InChI is InChI=1S/C15H23ClN2O/c1-17-15(12-4-6-13(16)7-5-12)8-10-18-9-2-3-14(18)11-19/h4-7,14-15,17,19H,2-3,8-11H2,1H3. The van der Waals surface area contributed by atoms with Crippen molar-refractivity contribution in [1.82, 2.24) is 10.2 Å². The number of nitrogens with zero attached hydrogens (tertiary/aromatic N) is 1. The van der Waals surface area contributed by atoms with Crippen molar-refractivity contribution in [2.24, 2.45) is 0 Å². The van der Waals surface area contributed by atoms with Gasteiger partial charge in [0.05, 0.1) is 6.61 Å². The maximum absolute atomic E-state index is 9.33. The van der Waals surface area contributed by atoms with E-state index in [1.807, 2.05) is 19.2 Å². The lowest BCUT2D eigenvalue weighted by molar-refractivity contribution is 0.154. The van der Waals surface area contributed by atoms with Gasteiger partial charge in [0.1, 0.15) is 0 Å². The number of hydrogen-bond donors (Lipinski definition) is 2. The molecule has 1 aromatic carbocycles. The number of aliphatic hydroxyl groups excluding tert-OH is 1. The maximum atomic E-state index is 9.33. The summed E-state index contributed by atoms with van der Waals surface area (Å²) >= 11 is 5.92. The van der Waals surface area contributed by atoms with Gasteiger partial charge in [0.15, 0.2) is 0 Å². The van der Waals surface area contributed by atoms with Crippen molar-refractivity contribution in [3.8, 4) is 0 Å². The highest BCUT2D eigenvalue weighted by molar-refractivity contribution is 6.30. The Morgan fingerprint density at radius 3 is 2.79 bits per heavy atom. The van der Waals surface area contributed by atoms with Crippen LogP contribution in [0.2, 0.25) is 5.02 Å². The second-order valence-electron chi connectivity index (χ2n) is 5.20. The number of rotatable bonds is 6. The highest BCUT2D eigenvalue weighted by atomic mass is 35.5. The predicted octanol–water partition coefficient (Wildman–Crippen LogP) is 2.45. The molecule has 1 aliphatic rings. The van der Waals surface area contributed by atoms with Crippen LogP contribution >= 0.6 is 11.6 Å². The molecule has 1 saturated heterocycles. The minimum absolute atomic E-state index is 0.283. The molecule has 1 aromatic rings. The fourth-order valence-corrected chi connectivity index (χ4v) is 2.99. The smallest absolute Gasteiger partial charge is 0.0586 e. The van der Waals surface area contributed by atoms with Crippen LogP contribution in [0.15, 0.2) is 24.3 Å². The molecule has 0 saturated carbocycles. The van der Waals surface area contributed by atoms with E-state index in [1.165, 1.54) is 12.0 Å². The zero-order chi connectivity index (χ0) is 13.7. The van der Waals surface area contributed by atoms with Gasteiger partial charge >= 0.3 is 0 Å². The summed E-state index contributed by atoms with van der Waals surface area (Å²) in [6.07, 6.45) is 3.38. The molecule has 3 nitrogen and oxygen atoms in total. The predicted molar refractivity (Wildman–Crippen MR) is 79.6 cm³/mol. The summed E-state index contributed by atoms with van der Waals surface area (Å²) in [5.41, 5.74) is 1.27.